The third kappa shape index (κ3) is 5.19. The molecule has 0 aliphatic carbocycles. The van der Waals surface area contributed by atoms with Crippen LogP contribution in [-0.4, -0.2) is 4.57 Å². The maximum Gasteiger partial charge on any atom is 0.00705 e. The van der Waals surface area contributed by atoms with Gasteiger partial charge in [0.15, 0.2) is 0 Å². The van der Waals surface area contributed by atoms with Crippen molar-refractivity contribution < 1.29 is 17.0 Å². The summed E-state index contributed by atoms with van der Waals surface area (Å²) < 4.78 is 2.12. The number of hydrogen-bond acceptors (Lipinski definition) is 0. The van der Waals surface area contributed by atoms with Crippen LogP contribution in [0.1, 0.15) is 0 Å². The van der Waals surface area contributed by atoms with Crippen molar-refractivity contribution in [3.05, 3.63) is 91.3 Å². The molecule has 0 amide bonds. The third-order valence-electron chi connectivity index (χ3n) is 3.06. The Hall–Kier alpha value is -1.25. The molecule has 0 N–H and O–H groups in total. The Morgan fingerprint density at radius 1 is 0.864 bits per heavy atom. The Morgan fingerprint density at radius 2 is 1.50 bits per heavy atom. The molecule has 0 spiro atoms. The van der Waals surface area contributed by atoms with Crippen LogP contribution in [0.2, 0.25) is 0 Å². The molecule has 0 fully saturated rings. The van der Waals surface area contributed by atoms with E-state index in [1.54, 1.807) is 0 Å². The summed E-state index contributed by atoms with van der Waals surface area (Å²) in [5.41, 5.74) is 1.23. The second kappa shape index (κ2) is 9.71. The van der Waals surface area contributed by atoms with Crippen molar-refractivity contribution in [2.24, 2.45) is 0 Å². The van der Waals surface area contributed by atoms with Gasteiger partial charge in [-0.25, -0.2) is 12.1 Å². The first-order valence-electron chi connectivity index (χ1n) is 6.77. The normalized spacial score (nSPS) is 9.36. The second-order valence-corrected chi connectivity index (χ2v) is 7.05. The zero-order valence-electron chi connectivity index (χ0n) is 11.9. The smallest absolute Gasteiger partial charge is 0.00705 e. The summed E-state index contributed by atoms with van der Waals surface area (Å²) in [7, 11) is 9.78. The van der Waals surface area contributed by atoms with E-state index in [1.165, 1.54) is 16.5 Å². The number of aromatic nitrogens is 1. The summed E-state index contributed by atoms with van der Waals surface area (Å²) in [4.78, 5) is 0. The van der Waals surface area contributed by atoms with Gasteiger partial charge in [0.1, 0.15) is 0 Å². The predicted molar refractivity (Wildman–Crippen MR) is 92.6 cm³/mol. The van der Waals surface area contributed by atoms with Crippen LogP contribution in [0.3, 0.4) is 0 Å². The van der Waals surface area contributed by atoms with Crippen molar-refractivity contribution in [1.82, 2.24) is 4.57 Å². The Morgan fingerprint density at radius 3 is 2.05 bits per heavy atom. The zero-order valence-corrected chi connectivity index (χ0v) is 14.9. The van der Waals surface area contributed by atoms with E-state index >= 15 is 0 Å². The van der Waals surface area contributed by atoms with Crippen molar-refractivity contribution in [2.45, 2.75) is 0 Å². The van der Waals surface area contributed by atoms with Crippen LogP contribution in [0.25, 0.3) is 16.5 Å². The molecule has 4 rings (SSSR count). The van der Waals surface area contributed by atoms with Gasteiger partial charge >= 0.3 is 35.6 Å². The van der Waals surface area contributed by atoms with Crippen LogP contribution in [0, 0.1) is 0 Å². The molecule has 1 heterocycles. The first-order valence-corrected chi connectivity index (χ1v) is 11.1. The van der Waals surface area contributed by atoms with Gasteiger partial charge in [-0.15, -0.1) is 41.1 Å². The van der Waals surface area contributed by atoms with Crippen LogP contribution >= 0.6 is 18.6 Å². The Bertz CT molecular complexity index is 692. The SMILES string of the molecule is [Cl][Ti][Cl].c1cc[cH-]c1.c1ccc2[cH-]c(-n3cccc3)cc2c1. The average Bonchev–Trinajstić information content (AvgIpc) is 3.29. The fourth-order valence-electron chi connectivity index (χ4n) is 2.11. The second-order valence-electron chi connectivity index (χ2n) is 4.47. The quantitative estimate of drug-likeness (QED) is 0.283. The molecule has 22 heavy (non-hydrogen) atoms. The van der Waals surface area contributed by atoms with Crippen molar-refractivity contribution in [3.63, 3.8) is 0 Å². The topological polar surface area (TPSA) is 4.93 Å². The van der Waals surface area contributed by atoms with Gasteiger partial charge in [-0.2, -0.15) is 18.2 Å². The minimum absolute atomic E-state index is 0.556. The van der Waals surface area contributed by atoms with Gasteiger partial charge in [0, 0.05) is 12.4 Å². The van der Waals surface area contributed by atoms with E-state index in [2.05, 4.69) is 53.4 Å². The van der Waals surface area contributed by atoms with Gasteiger partial charge in [0.2, 0.25) is 0 Å². The monoisotopic (exact) mass is 363 g/mol. The molecule has 112 valence electrons. The maximum absolute atomic E-state index is 4.89. The number of nitrogens with zero attached hydrogens (tertiary/aromatic N) is 1. The third-order valence-corrected chi connectivity index (χ3v) is 3.06. The van der Waals surface area contributed by atoms with E-state index < -0.39 is 17.0 Å². The summed E-state index contributed by atoms with van der Waals surface area (Å²) in [5, 5.41) is 2.60. The minimum atomic E-state index is -0.556. The van der Waals surface area contributed by atoms with Gasteiger partial charge in [-0.3, -0.25) is 0 Å². The van der Waals surface area contributed by atoms with Crippen LogP contribution < -0.4 is 0 Å². The first kappa shape index (κ1) is 17.1. The maximum atomic E-state index is 4.89. The predicted octanol–water partition coefficient (Wildman–Crippen LogP) is 6.13. The van der Waals surface area contributed by atoms with Gasteiger partial charge < -0.3 is 4.57 Å². The molecule has 4 heteroatoms. The number of hydrogen-bond donors (Lipinski definition) is 0. The fourth-order valence-corrected chi connectivity index (χ4v) is 2.11. The van der Waals surface area contributed by atoms with Crippen LogP contribution in [0.5, 0.6) is 0 Å². The van der Waals surface area contributed by atoms with Crippen LogP contribution in [0.15, 0.2) is 91.3 Å². The molecule has 4 aromatic rings. The van der Waals surface area contributed by atoms with Gasteiger partial charge in [-0.05, 0) is 17.8 Å². The van der Waals surface area contributed by atoms with Gasteiger partial charge in [-0.1, -0.05) is 6.07 Å². The molecule has 0 saturated heterocycles. The Labute approximate surface area is 147 Å². The van der Waals surface area contributed by atoms with E-state index in [0.717, 1.165) is 0 Å². The van der Waals surface area contributed by atoms with E-state index in [1.807, 2.05) is 42.5 Å². The van der Waals surface area contributed by atoms with Crippen molar-refractivity contribution in [2.75, 3.05) is 0 Å². The molecule has 0 radical (unpaired) electrons. The Kier molecular flexibility index (Phi) is 7.55. The number of rotatable bonds is 1. The molecule has 0 atom stereocenters. The molecule has 0 unspecified atom stereocenters. The van der Waals surface area contributed by atoms with E-state index in [-0.39, 0.29) is 0 Å². The molecule has 0 aliphatic rings. The van der Waals surface area contributed by atoms with Gasteiger partial charge in [0.25, 0.3) is 0 Å². The molecular formula is C18H15Cl2NTi-2. The average molecular weight is 364 g/mol. The molecule has 0 aliphatic heterocycles. The van der Waals surface area contributed by atoms with Crippen molar-refractivity contribution >= 4 is 29.4 Å². The van der Waals surface area contributed by atoms with Crippen molar-refractivity contribution in [1.29, 1.82) is 0 Å². The summed E-state index contributed by atoms with van der Waals surface area (Å²) in [6.07, 6.45) is 4.13. The molecule has 0 saturated carbocycles. The van der Waals surface area contributed by atoms with Crippen molar-refractivity contribution in [3.8, 4) is 5.69 Å². The summed E-state index contributed by atoms with van der Waals surface area (Å²) in [5.74, 6) is 0. The molecule has 0 bridgehead atoms. The van der Waals surface area contributed by atoms with Crippen LogP contribution in [-0.2, 0) is 17.0 Å². The number of halogens is 2. The summed E-state index contributed by atoms with van der Waals surface area (Å²) in [6.45, 7) is 0. The summed E-state index contributed by atoms with van der Waals surface area (Å²) in [6, 6.07) is 26.9. The van der Waals surface area contributed by atoms with E-state index in [4.69, 9.17) is 18.6 Å². The number of benzene rings is 1. The minimum Gasteiger partial charge on any atom is -0.342 e. The largest absolute Gasteiger partial charge is 0.342 e. The first-order chi connectivity index (χ1) is 10.8. The van der Waals surface area contributed by atoms with E-state index in [0.29, 0.717) is 0 Å². The van der Waals surface area contributed by atoms with Gasteiger partial charge in [0.05, 0.1) is 0 Å². The Balaban J connectivity index is 0.000000184. The fraction of sp³-hybridized carbons (Fsp3) is 0. The standard InChI is InChI=1S/C13H10N.C5H5.2ClH.Ti/c1-2-6-12-10-13(9-11(12)5-1)14-7-3-4-8-14;1-2-4-5-3-1;;;/h1-10H;1-5H;2*1H;/q2*-1;;;+2/p-2. The van der Waals surface area contributed by atoms with E-state index in [9.17, 15) is 0 Å². The molecule has 1 nitrogen and oxygen atoms in total. The zero-order chi connectivity index (χ0) is 15.6. The van der Waals surface area contributed by atoms with Crippen LogP contribution in [0.4, 0.5) is 0 Å². The summed E-state index contributed by atoms with van der Waals surface area (Å²) >= 11 is -0.556. The molecular weight excluding hydrogens is 349 g/mol. The molecule has 3 aromatic carbocycles. The number of fused-ring (bicyclic) bond motifs is 1. The molecule has 1 aromatic heterocycles.